The van der Waals surface area contributed by atoms with E-state index >= 15 is 0 Å². The number of nitrogens with two attached hydrogens (primary N) is 1. The van der Waals surface area contributed by atoms with Gasteiger partial charge in [-0.25, -0.2) is 0 Å². The van der Waals surface area contributed by atoms with Crippen molar-refractivity contribution in [3.63, 3.8) is 0 Å². The average molecular weight is 169 g/mol. The first-order valence-corrected chi connectivity index (χ1v) is 3.91. The highest BCUT2D eigenvalue weighted by atomic mass is 16.5. The van der Waals surface area contributed by atoms with Gasteiger partial charge >= 0.3 is 0 Å². The van der Waals surface area contributed by atoms with Gasteiger partial charge in [0.25, 0.3) is 0 Å². The topological polar surface area (TPSA) is 63.9 Å². The Morgan fingerprint density at radius 1 is 1.58 bits per heavy atom. The molecule has 0 aliphatic carbocycles. The number of aromatic amines is 1. The molecule has 0 spiro atoms. The highest BCUT2D eigenvalue weighted by Gasteiger charge is 2.11. The van der Waals surface area contributed by atoms with E-state index in [1.807, 2.05) is 20.8 Å². The fourth-order valence-corrected chi connectivity index (χ4v) is 0.726. The molecule has 0 radical (unpaired) electrons. The molecule has 0 bridgehead atoms. The third-order valence-electron chi connectivity index (χ3n) is 1.40. The molecule has 0 amide bonds. The Balaban J connectivity index is 2.49. The van der Waals surface area contributed by atoms with E-state index in [1.165, 1.54) is 0 Å². The van der Waals surface area contributed by atoms with Crippen LogP contribution in [0.4, 0.5) is 5.69 Å². The fraction of sp³-hybridized carbons (Fsp3) is 0.625. The zero-order valence-corrected chi connectivity index (χ0v) is 7.72. The van der Waals surface area contributed by atoms with Gasteiger partial charge in [0.15, 0.2) is 0 Å². The van der Waals surface area contributed by atoms with Gasteiger partial charge in [-0.2, -0.15) is 5.10 Å². The molecule has 12 heavy (non-hydrogen) atoms. The minimum Gasteiger partial charge on any atom is -0.396 e. The molecule has 1 heterocycles. The summed E-state index contributed by atoms with van der Waals surface area (Å²) in [6, 6.07) is 0. The molecule has 1 aromatic rings. The summed E-state index contributed by atoms with van der Waals surface area (Å²) in [5, 5.41) is 6.57. The lowest BCUT2D eigenvalue weighted by Gasteiger charge is -2.18. The van der Waals surface area contributed by atoms with Crippen molar-refractivity contribution >= 4 is 5.69 Å². The summed E-state index contributed by atoms with van der Waals surface area (Å²) in [5.41, 5.74) is 6.94. The van der Waals surface area contributed by atoms with E-state index in [1.54, 1.807) is 6.20 Å². The minimum absolute atomic E-state index is 0.141. The van der Waals surface area contributed by atoms with Gasteiger partial charge in [0, 0.05) is 0 Å². The highest BCUT2D eigenvalue weighted by Crippen LogP contribution is 2.13. The van der Waals surface area contributed by atoms with Gasteiger partial charge in [-0.3, -0.25) is 5.10 Å². The number of nitrogens with one attached hydrogen (secondary N) is 1. The van der Waals surface area contributed by atoms with E-state index in [2.05, 4.69) is 10.2 Å². The normalized spacial score (nSPS) is 11.9. The highest BCUT2D eigenvalue weighted by molar-refractivity contribution is 5.39. The Kier molecular flexibility index (Phi) is 2.38. The smallest absolute Gasteiger partial charge is 0.0910 e. The second-order valence-corrected chi connectivity index (χ2v) is 3.70. The number of hydrogen-bond acceptors (Lipinski definition) is 3. The summed E-state index contributed by atoms with van der Waals surface area (Å²) in [5.74, 6) is 0. The maximum Gasteiger partial charge on any atom is 0.0910 e. The average Bonchev–Trinajstić information content (AvgIpc) is 2.29. The van der Waals surface area contributed by atoms with Crippen molar-refractivity contribution < 1.29 is 4.74 Å². The van der Waals surface area contributed by atoms with E-state index in [-0.39, 0.29) is 5.60 Å². The summed E-state index contributed by atoms with van der Waals surface area (Å²) in [7, 11) is 0. The minimum atomic E-state index is -0.141. The Morgan fingerprint density at radius 2 is 2.25 bits per heavy atom. The van der Waals surface area contributed by atoms with Crippen molar-refractivity contribution in [2.24, 2.45) is 0 Å². The molecule has 0 atom stereocenters. The third-order valence-corrected chi connectivity index (χ3v) is 1.40. The predicted molar refractivity (Wildman–Crippen MR) is 47.5 cm³/mol. The molecule has 0 unspecified atom stereocenters. The van der Waals surface area contributed by atoms with Gasteiger partial charge in [-0.05, 0) is 20.8 Å². The number of anilines is 1. The number of hydrogen-bond donors (Lipinski definition) is 2. The number of aromatic nitrogens is 2. The number of ether oxygens (including phenoxy) is 1. The third kappa shape index (κ3) is 2.54. The summed E-state index contributed by atoms with van der Waals surface area (Å²) in [4.78, 5) is 0. The molecule has 1 aromatic heterocycles. The van der Waals surface area contributed by atoms with Crippen molar-refractivity contribution in [2.75, 3.05) is 5.73 Å². The van der Waals surface area contributed by atoms with E-state index in [0.717, 1.165) is 5.69 Å². The molecular weight excluding hydrogens is 154 g/mol. The Morgan fingerprint density at radius 3 is 2.67 bits per heavy atom. The quantitative estimate of drug-likeness (QED) is 0.701. The maximum atomic E-state index is 5.60. The summed E-state index contributed by atoms with van der Waals surface area (Å²) in [6.45, 7) is 6.48. The Labute approximate surface area is 72.1 Å². The molecule has 4 nitrogen and oxygen atoms in total. The van der Waals surface area contributed by atoms with Gasteiger partial charge in [0.2, 0.25) is 0 Å². The Hall–Kier alpha value is -1.03. The standard InChI is InChI=1S/C8H15N3O/c1-8(2,3)12-5-7-6(9)4-10-11-7/h4H,5,9H2,1-3H3,(H,10,11). The molecule has 0 aliphatic heterocycles. The first kappa shape index (κ1) is 9.06. The lowest BCUT2D eigenvalue weighted by atomic mass is 10.2. The van der Waals surface area contributed by atoms with Crippen LogP contribution in [0.2, 0.25) is 0 Å². The van der Waals surface area contributed by atoms with E-state index in [4.69, 9.17) is 10.5 Å². The van der Waals surface area contributed by atoms with Gasteiger partial charge in [0.1, 0.15) is 0 Å². The molecule has 0 aliphatic rings. The molecule has 0 saturated heterocycles. The van der Waals surface area contributed by atoms with E-state index in [9.17, 15) is 0 Å². The zero-order valence-electron chi connectivity index (χ0n) is 7.72. The number of nitrogen functional groups attached to an aromatic ring is 1. The van der Waals surface area contributed by atoms with Crippen LogP contribution in [0.5, 0.6) is 0 Å². The van der Waals surface area contributed by atoms with Crippen LogP contribution in [-0.4, -0.2) is 15.8 Å². The van der Waals surface area contributed by atoms with Crippen LogP contribution < -0.4 is 5.73 Å². The summed E-state index contributed by atoms with van der Waals surface area (Å²) < 4.78 is 5.50. The van der Waals surface area contributed by atoms with Gasteiger partial charge < -0.3 is 10.5 Å². The largest absolute Gasteiger partial charge is 0.396 e. The summed E-state index contributed by atoms with van der Waals surface area (Å²) >= 11 is 0. The molecule has 0 fully saturated rings. The van der Waals surface area contributed by atoms with Crippen LogP contribution >= 0.6 is 0 Å². The van der Waals surface area contributed by atoms with Crippen molar-refractivity contribution in [3.05, 3.63) is 11.9 Å². The number of H-pyrrole nitrogens is 1. The van der Waals surface area contributed by atoms with Crippen LogP contribution in [0, 0.1) is 0 Å². The van der Waals surface area contributed by atoms with Crippen molar-refractivity contribution in [1.82, 2.24) is 10.2 Å². The SMILES string of the molecule is CC(C)(C)OCc1[nH]ncc1N. The fourth-order valence-electron chi connectivity index (χ4n) is 0.726. The zero-order chi connectivity index (χ0) is 9.19. The van der Waals surface area contributed by atoms with Gasteiger partial charge in [0.05, 0.1) is 29.8 Å². The van der Waals surface area contributed by atoms with E-state index in [0.29, 0.717) is 12.3 Å². The van der Waals surface area contributed by atoms with Crippen molar-refractivity contribution in [1.29, 1.82) is 0 Å². The summed E-state index contributed by atoms with van der Waals surface area (Å²) in [6.07, 6.45) is 1.58. The maximum absolute atomic E-state index is 5.60. The monoisotopic (exact) mass is 169 g/mol. The first-order valence-electron chi connectivity index (χ1n) is 3.91. The molecule has 0 aromatic carbocycles. The Bertz CT molecular complexity index is 249. The molecule has 68 valence electrons. The van der Waals surface area contributed by atoms with Crippen molar-refractivity contribution in [2.45, 2.75) is 33.0 Å². The molecule has 1 rings (SSSR count). The molecule has 4 heteroatoms. The van der Waals surface area contributed by atoms with Crippen LogP contribution in [-0.2, 0) is 11.3 Å². The van der Waals surface area contributed by atoms with Crippen LogP contribution in [0.25, 0.3) is 0 Å². The second kappa shape index (κ2) is 3.15. The second-order valence-electron chi connectivity index (χ2n) is 3.70. The van der Waals surface area contributed by atoms with E-state index < -0.39 is 0 Å². The van der Waals surface area contributed by atoms with Crippen LogP contribution in [0.1, 0.15) is 26.5 Å². The molecular formula is C8H15N3O. The van der Waals surface area contributed by atoms with Gasteiger partial charge in [-0.15, -0.1) is 0 Å². The van der Waals surface area contributed by atoms with Crippen LogP contribution in [0.3, 0.4) is 0 Å². The molecule has 3 N–H and O–H groups in total. The number of rotatable bonds is 2. The first-order chi connectivity index (χ1) is 5.49. The van der Waals surface area contributed by atoms with Gasteiger partial charge in [-0.1, -0.05) is 0 Å². The van der Waals surface area contributed by atoms with Crippen LogP contribution in [0.15, 0.2) is 6.20 Å². The molecule has 0 saturated carbocycles. The van der Waals surface area contributed by atoms with Crippen molar-refractivity contribution in [3.8, 4) is 0 Å². The lowest BCUT2D eigenvalue weighted by molar-refractivity contribution is -0.0162. The predicted octanol–water partition coefficient (Wildman–Crippen LogP) is 1.31. The lowest BCUT2D eigenvalue weighted by Crippen LogP contribution is -2.19. The number of nitrogens with zero attached hydrogens (tertiary/aromatic N) is 1.